The molecular weight excluding hydrogens is 688 g/mol. The lowest BCUT2D eigenvalue weighted by atomic mass is 9.94. The van der Waals surface area contributed by atoms with Gasteiger partial charge in [0.05, 0.1) is 27.2 Å². The number of nitrogen functional groups attached to an aromatic ring is 1. The number of nitrogens with one attached hydrogen (secondary N) is 1. The van der Waals surface area contributed by atoms with Crippen molar-refractivity contribution in [2.75, 3.05) is 50.0 Å². The molecule has 3 unspecified atom stereocenters. The smallest absolute Gasteiger partial charge is 0.319 e. The maximum atomic E-state index is 17.0. The first-order valence-electron chi connectivity index (χ1n) is 18.7. The fourth-order valence-corrected chi connectivity index (χ4v) is 9.34. The summed E-state index contributed by atoms with van der Waals surface area (Å²) in [4.78, 5) is 26.5. The molecule has 6 heterocycles. The lowest BCUT2D eigenvalue weighted by Gasteiger charge is -2.32. The zero-order chi connectivity index (χ0) is 36.1. The Bertz CT molecular complexity index is 2060. The van der Waals surface area contributed by atoms with Crippen molar-refractivity contribution in [3.8, 4) is 23.2 Å². The second kappa shape index (κ2) is 14.1. The number of hydrogen-bond donors (Lipinski definition) is 2. The summed E-state index contributed by atoms with van der Waals surface area (Å²) in [6.45, 7) is 6.14. The third-order valence-electron chi connectivity index (χ3n) is 11.3. The van der Waals surface area contributed by atoms with Gasteiger partial charge >= 0.3 is 6.01 Å². The molecule has 52 heavy (non-hydrogen) atoms. The molecule has 3 atom stereocenters. The zero-order valence-corrected chi connectivity index (χ0v) is 30.3. The van der Waals surface area contributed by atoms with Crippen LogP contribution in [0.2, 0.25) is 0 Å². The van der Waals surface area contributed by atoms with E-state index in [4.69, 9.17) is 15.5 Å². The highest BCUT2D eigenvalue weighted by atomic mass is 32.1. The van der Waals surface area contributed by atoms with Crippen LogP contribution in [0.4, 0.5) is 24.0 Å². The summed E-state index contributed by atoms with van der Waals surface area (Å²) in [6, 6.07) is 5.45. The monoisotopic (exact) mass is 731 g/mol. The molecule has 2 aromatic heterocycles. The number of ether oxygens (including phenoxy) is 1. The van der Waals surface area contributed by atoms with Crippen LogP contribution in [-0.4, -0.2) is 71.6 Å². The van der Waals surface area contributed by atoms with Crippen LogP contribution in [0.3, 0.4) is 0 Å². The Labute approximate surface area is 305 Å². The van der Waals surface area contributed by atoms with E-state index < -0.39 is 17.5 Å². The topological polar surface area (TPSA) is 130 Å². The number of benzene rings is 2. The van der Waals surface area contributed by atoms with Crippen molar-refractivity contribution in [3.63, 3.8) is 0 Å². The van der Waals surface area contributed by atoms with Gasteiger partial charge in [0.15, 0.2) is 11.6 Å². The van der Waals surface area contributed by atoms with E-state index in [1.54, 1.807) is 0 Å². The van der Waals surface area contributed by atoms with Gasteiger partial charge < -0.3 is 20.7 Å². The number of rotatable bonds is 8. The molecule has 5 fully saturated rings. The summed E-state index contributed by atoms with van der Waals surface area (Å²) in [5.41, 5.74) is 5.66. The van der Waals surface area contributed by atoms with Crippen LogP contribution < -0.4 is 20.7 Å². The maximum Gasteiger partial charge on any atom is 0.319 e. The van der Waals surface area contributed by atoms with Crippen LogP contribution in [0.5, 0.6) is 6.01 Å². The van der Waals surface area contributed by atoms with Gasteiger partial charge in [-0.15, -0.1) is 11.3 Å². The minimum Gasteiger partial charge on any atom is -0.461 e. The molecule has 2 aromatic carbocycles. The Morgan fingerprint density at radius 1 is 1.06 bits per heavy atom. The van der Waals surface area contributed by atoms with Crippen molar-refractivity contribution in [2.45, 2.75) is 82.7 Å². The maximum absolute atomic E-state index is 17.0. The summed E-state index contributed by atoms with van der Waals surface area (Å²) in [6.07, 6.45) is 10.8. The number of nitriles is 1. The van der Waals surface area contributed by atoms with Crippen molar-refractivity contribution < 1.29 is 22.7 Å². The number of aromatic nitrogens is 2. The Kier molecular flexibility index (Phi) is 9.51. The Balaban J connectivity index is 0.00000123. The molecular formula is C39H44F3N7O2S. The standard InChI is InChI=1S/C36H38F3N7O2S.C3H6/c1-19-4-5-20(12-27(47)26-15-42-26)17-45(16-19)34-29-25(38)13-22(21-6-7-24(37)32-28(21)23(14-40)33(41)49-32)30(39)31(29)43-35(44-34)48-18-36-8-2-10-46(36)11-3-9-36;1-2-3-1/h6-7,13,19-20,26,42H,2-5,8-12,15-18,41H2,1H3;1-3H2. The third kappa shape index (κ3) is 6.69. The quantitative estimate of drug-likeness (QED) is 0.179. The molecule has 4 aliphatic heterocycles. The summed E-state index contributed by atoms with van der Waals surface area (Å²) in [5, 5.41) is 13.1. The van der Waals surface area contributed by atoms with E-state index in [0.29, 0.717) is 32.7 Å². The van der Waals surface area contributed by atoms with Gasteiger partial charge in [0.2, 0.25) is 0 Å². The number of fused-ring (bicyclic) bond motifs is 3. The molecule has 4 saturated heterocycles. The highest BCUT2D eigenvalue weighted by Gasteiger charge is 2.45. The van der Waals surface area contributed by atoms with Gasteiger partial charge in [-0.25, -0.2) is 13.2 Å². The third-order valence-corrected chi connectivity index (χ3v) is 12.4. The van der Waals surface area contributed by atoms with Gasteiger partial charge in [0.1, 0.15) is 40.6 Å². The minimum absolute atomic E-state index is 0.0132. The van der Waals surface area contributed by atoms with E-state index in [2.05, 4.69) is 22.1 Å². The highest BCUT2D eigenvalue weighted by molar-refractivity contribution is 7.23. The van der Waals surface area contributed by atoms with Crippen LogP contribution in [0.25, 0.3) is 32.1 Å². The van der Waals surface area contributed by atoms with E-state index in [1.807, 2.05) is 11.0 Å². The van der Waals surface area contributed by atoms with Gasteiger partial charge in [0.25, 0.3) is 0 Å². The first-order valence-corrected chi connectivity index (χ1v) is 19.5. The van der Waals surface area contributed by atoms with E-state index in [9.17, 15) is 14.4 Å². The molecule has 1 aliphatic carbocycles. The van der Waals surface area contributed by atoms with Gasteiger partial charge in [0, 0.05) is 37.0 Å². The van der Waals surface area contributed by atoms with Crippen LogP contribution in [0.1, 0.15) is 76.7 Å². The van der Waals surface area contributed by atoms with Crippen LogP contribution >= 0.6 is 11.3 Å². The van der Waals surface area contributed by atoms with E-state index >= 15 is 8.78 Å². The molecule has 274 valence electrons. The van der Waals surface area contributed by atoms with Gasteiger partial charge in [-0.1, -0.05) is 32.3 Å². The number of halogens is 3. The molecule has 13 heteroatoms. The lowest BCUT2D eigenvalue weighted by Crippen LogP contribution is -2.43. The van der Waals surface area contributed by atoms with Crippen LogP contribution in [0, 0.1) is 40.6 Å². The molecule has 3 N–H and O–H groups in total. The summed E-state index contributed by atoms with van der Waals surface area (Å²) >= 11 is 0.894. The molecule has 0 bridgehead atoms. The molecule has 9 rings (SSSR count). The van der Waals surface area contributed by atoms with Gasteiger partial charge in [-0.3, -0.25) is 9.69 Å². The van der Waals surface area contributed by atoms with Gasteiger partial charge in [-0.05, 0) is 81.1 Å². The number of anilines is 2. The number of carbonyl (C=O) groups is 1. The molecule has 0 radical (unpaired) electrons. The summed E-state index contributed by atoms with van der Waals surface area (Å²) in [7, 11) is 0. The van der Waals surface area contributed by atoms with E-state index in [0.717, 1.165) is 69.0 Å². The zero-order valence-electron chi connectivity index (χ0n) is 29.4. The molecule has 5 aliphatic rings. The minimum atomic E-state index is -0.831. The van der Waals surface area contributed by atoms with Crippen molar-refractivity contribution >= 4 is 48.9 Å². The number of thiophene rings is 1. The second-order valence-corrected chi connectivity index (χ2v) is 16.4. The van der Waals surface area contributed by atoms with Crippen molar-refractivity contribution in [3.05, 3.63) is 41.2 Å². The molecule has 1 saturated carbocycles. The number of nitrogens with zero attached hydrogens (tertiary/aromatic N) is 5. The first-order chi connectivity index (χ1) is 25.2. The number of ketones is 1. The largest absolute Gasteiger partial charge is 0.461 e. The summed E-state index contributed by atoms with van der Waals surface area (Å²) in [5.74, 6) is -1.55. The van der Waals surface area contributed by atoms with Crippen LogP contribution in [-0.2, 0) is 4.79 Å². The fourth-order valence-electron chi connectivity index (χ4n) is 8.39. The lowest BCUT2D eigenvalue weighted by molar-refractivity contribution is -0.119. The number of nitrogens with two attached hydrogens (primary N) is 1. The normalized spacial score (nSPS) is 23.5. The number of carbonyl (C=O) groups excluding carboxylic acids is 1. The molecule has 0 spiro atoms. The average Bonchev–Trinajstić information content (AvgIpc) is 4.06. The first kappa shape index (κ1) is 35.1. The Morgan fingerprint density at radius 2 is 1.81 bits per heavy atom. The SMILES string of the molecule is C1CC1.CC1CCC(CC(=O)C2CN2)CN(c2nc(OCC34CCCN3CCC4)nc3c(F)c(-c4ccc(F)c5sc(N)c(C#N)c45)cc(F)c23)C1. The van der Waals surface area contributed by atoms with Crippen molar-refractivity contribution in [1.82, 2.24) is 20.2 Å². The average molecular weight is 732 g/mol. The highest BCUT2D eigenvalue weighted by Crippen LogP contribution is 2.45. The number of hydrogen-bond acceptors (Lipinski definition) is 10. The van der Waals surface area contributed by atoms with E-state index in [1.165, 1.54) is 31.4 Å². The number of Topliss-reactive ketones (excluding diaryl/α,β-unsaturated/α-hetero) is 1. The Morgan fingerprint density at radius 3 is 2.50 bits per heavy atom. The predicted molar refractivity (Wildman–Crippen MR) is 197 cm³/mol. The van der Waals surface area contributed by atoms with Crippen LogP contribution in [0.15, 0.2) is 18.2 Å². The summed E-state index contributed by atoms with van der Waals surface area (Å²) < 4.78 is 54.9. The Hall–Kier alpha value is -3.99. The molecule has 9 nitrogen and oxygen atoms in total. The second-order valence-electron chi connectivity index (χ2n) is 15.4. The molecule has 4 aromatic rings. The van der Waals surface area contributed by atoms with E-state index in [-0.39, 0.29) is 83.7 Å². The van der Waals surface area contributed by atoms with Crippen molar-refractivity contribution in [1.29, 1.82) is 5.26 Å². The van der Waals surface area contributed by atoms with Gasteiger partial charge in [-0.2, -0.15) is 15.2 Å². The fraction of sp³-hybridized carbons (Fsp3) is 0.538. The predicted octanol–water partition coefficient (Wildman–Crippen LogP) is 7.34. The van der Waals surface area contributed by atoms with Crippen molar-refractivity contribution in [2.24, 2.45) is 11.8 Å². The molecule has 0 amide bonds.